The fourth-order valence-electron chi connectivity index (χ4n) is 3.07. The van der Waals surface area contributed by atoms with Crippen molar-refractivity contribution in [2.45, 2.75) is 32.4 Å². The molecule has 0 aliphatic carbocycles. The number of rotatable bonds is 5. The van der Waals surface area contributed by atoms with Gasteiger partial charge in [-0.15, -0.1) is 0 Å². The molecule has 1 saturated heterocycles. The number of nitrogens with one attached hydrogen (secondary N) is 1. The second-order valence-corrected chi connectivity index (χ2v) is 6.66. The van der Waals surface area contributed by atoms with Gasteiger partial charge in [0.2, 0.25) is 0 Å². The standard InChI is InChI=1S/C21H24N2O3/c1-15-7-3-4-8-17(15)14-23(2)21(25)16-9-5-10-18(13-16)22-20(24)19-11-6-12-26-19/h3-5,7-10,13,19H,6,11-12,14H2,1-2H3,(H,22,24)/t19-/m1/s1. The van der Waals surface area contributed by atoms with Gasteiger partial charge in [-0.25, -0.2) is 0 Å². The Morgan fingerprint density at radius 3 is 2.73 bits per heavy atom. The highest BCUT2D eigenvalue weighted by Crippen LogP contribution is 2.18. The van der Waals surface area contributed by atoms with Crippen molar-refractivity contribution in [2.24, 2.45) is 0 Å². The summed E-state index contributed by atoms with van der Waals surface area (Å²) in [7, 11) is 1.78. The quantitative estimate of drug-likeness (QED) is 0.897. The third-order valence-corrected chi connectivity index (χ3v) is 4.61. The van der Waals surface area contributed by atoms with Crippen molar-refractivity contribution in [1.82, 2.24) is 4.90 Å². The Labute approximate surface area is 154 Å². The summed E-state index contributed by atoms with van der Waals surface area (Å²) in [5.41, 5.74) is 3.43. The van der Waals surface area contributed by atoms with Gasteiger partial charge in [-0.3, -0.25) is 9.59 Å². The van der Waals surface area contributed by atoms with E-state index >= 15 is 0 Å². The molecule has 0 bridgehead atoms. The average molecular weight is 352 g/mol. The number of benzene rings is 2. The van der Waals surface area contributed by atoms with Gasteiger partial charge in [0.1, 0.15) is 6.10 Å². The van der Waals surface area contributed by atoms with E-state index in [0.717, 1.165) is 24.0 Å². The summed E-state index contributed by atoms with van der Waals surface area (Å²) >= 11 is 0. The highest BCUT2D eigenvalue weighted by Gasteiger charge is 2.23. The van der Waals surface area contributed by atoms with Crippen molar-refractivity contribution in [3.63, 3.8) is 0 Å². The van der Waals surface area contributed by atoms with Crippen molar-refractivity contribution in [3.05, 3.63) is 65.2 Å². The zero-order chi connectivity index (χ0) is 18.5. The first-order valence-electron chi connectivity index (χ1n) is 8.87. The molecule has 0 aromatic heterocycles. The molecule has 1 aliphatic rings. The molecule has 2 aromatic carbocycles. The fraction of sp³-hybridized carbons (Fsp3) is 0.333. The maximum Gasteiger partial charge on any atom is 0.253 e. The molecular formula is C21H24N2O3. The summed E-state index contributed by atoms with van der Waals surface area (Å²) in [6.07, 6.45) is 1.25. The first kappa shape index (κ1) is 18.1. The lowest BCUT2D eigenvalue weighted by Gasteiger charge is -2.19. The predicted octanol–water partition coefficient (Wildman–Crippen LogP) is 3.38. The molecule has 1 aliphatic heterocycles. The van der Waals surface area contributed by atoms with Crippen LogP contribution < -0.4 is 5.32 Å². The van der Waals surface area contributed by atoms with Gasteiger partial charge in [0.25, 0.3) is 11.8 Å². The Bertz CT molecular complexity index is 797. The molecule has 3 rings (SSSR count). The van der Waals surface area contributed by atoms with E-state index in [4.69, 9.17) is 4.74 Å². The van der Waals surface area contributed by atoms with E-state index in [0.29, 0.717) is 24.4 Å². The first-order valence-corrected chi connectivity index (χ1v) is 8.87. The second kappa shape index (κ2) is 8.15. The van der Waals surface area contributed by atoms with Gasteiger partial charge >= 0.3 is 0 Å². The van der Waals surface area contributed by atoms with Gasteiger partial charge in [-0.2, -0.15) is 0 Å². The monoisotopic (exact) mass is 352 g/mol. The number of amides is 2. The number of hydrogen-bond acceptors (Lipinski definition) is 3. The van der Waals surface area contributed by atoms with Crippen LogP contribution in [0.5, 0.6) is 0 Å². The van der Waals surface area contributed by atoms with Crippen LogP contribution in [0.2, 0.25) is 0 Å². The summed E-state index contributed by atoms with van der Waals surface area (Å²) in [5, 5.41) is 2.84. The van der Waals surface area contributed by atoms with Crippen LogP contribution >= 0.6 is 0 Å². The van der Waals surface area contributed by atoms with Crippen LogP contribution in [0.15, 0.2) is 48.5 Å². The molecular weight excluding hydrogens is 328 g/mol. The molecule has 1 N–H and O–H groups in total. The highest BCUT2D eigenvalue weighted by molar-refractivity contribution is 5.98. The van der Waals surface area contributed by atoms with E-state index < -0.39 is 6.10 Å². The number of aryl methyl sites for hydroxylation is 1. The van der Waals surface area contributed by atoms with Crippen LogP contribution in [0.3, 0.4) is 0 Å². The number of carbonyl (C=O) groups is 2. The van der Waals surface area contributed by atoms with Crippen LogP contribution in [-0.4, -0.2) is 36.5 Å². The summed E-state index contributed by atoms with van der Waals surface area (Å²) in [6, 6.07) is 15.1. The Morgan fingerprint density at radius 1 is 1.19 bits per heavy atom. The van der Waals surface area contributed by atoms with E-state index in [1.807, 2.05) is 31.2 Å². The van der Waals surface area contributed by atoms with Crippen molar-refractivity contribution in [2.75, 3.05) is 19.0 Å². The van der Waals surface area contributed by atoms with Gasteiger partial charge in [0.05, 0.1) is 0 Å². The van der Waals surface area contributed by atoms with Crippen molar-refractivity contribution in [1.29, 1.82) is 0 Å². The Kier molecular flexibility index (Phi) is 5.68. The lowest BCUT2D eigenvalue weighted by atomic mass is 10.1. The minimum absolute atomic E-state index is 0.0820. The smallest absolute Gasteiger partial charge is 0.253 e. The highest BCUT2D eigenvalue weighted by atomic mass is 16.5. The summed E-state index contributed by atoms with van der Waals surface area (Å²) in [5.74, 6) is -0.234. The molecule has 136 valence electrons. The Morgan fingerprint density at radius 2 is 2.00 bits per heavy atom. The molecule has 0 saturated carbocycles. The van der Waals surface area contributed by atoms with Gasteiger partial charge < -0.3 is 15.0 Å². The molecule has 5 heteroatoms. The van der Waals surface area contributed by atoms with Crippen LogP contribution in [0, 0.1) is 6.92 Å². The molecule has 1 atom stereocenters. The van der Waals surface area contributed by atoms with E-state index in [1.165, 1.54) is 0 Å². The van der Waals surface area contributed by atoms with Gasteiger partial charge in [0.15, 0.2) is 0 Å². The molecule has 2 aromatic rings. The van der Waals surface area contributed by atoms with Crippen molar-refractivity contribution in [3.8, 4) is 0 Å². The minimum atomic E-state index is -0.391. The number of anilines is 1. The minimum Gasteiger partial charge on any atom is -0.368 e. The Hall–Kier alpha value is -2.66. The van der Waals surface area contributed by atoms with E-state index in [-0.39, 0.29) is 11.8 Å². The van der Waals surface area contributed by atoms with Gasteiger partial charge in [0, 0.05) is 31.5 Å². The molecule has 0 radical (unpaired) electrons. The summed E-state index contributed by atoms with van der Waals surface area (Å²) in [4.78, 5) is 26.6. The van der Waals surface area contributed by atoms with Gasteiger partial charge in [-0.1, -0.05) is 30.3 Å². The predicted molar refractivity (Wildman–Crippen MR) is 101 cm³/mol. The van der Waals surface area contributed by atoms with E-state index in [1.54, 1.807) is 36.2 Å². The van der Waals surface area contributed by atoms with Gasteiger partial charge in [-0.05, 0) is 49.1 Å². The molecule has 0 spiro atoms. The lowest BCUT2D eigenvalue weighted by Crippen LogP contribution is -2.28. The maximum atomic E-state index is 12.7. The van der Waals surface area contributed by atoms with Crippen LogP contribution in [0.1, 0.15) is 34.3 Å². The average Bonchev–Trinajstić information content (AvgIpc) is 3.18. The number of nitrogens with zero attached hydrogens (tertiary/aromatic N) is 1. The molecule has 1 fully saturated rings. The normalized spacial score (nSPS) is 16.3. The van der Waals surface area contributed by atoms with Crippen LogP contribution in [0.4, 0.5) is 5.69 Å². The second-order valence-electron chi connectivity index (χ2n) is 6.66. The van der Waals surface area contributed by atoms with Crippen molar-refractivity contribution < 1.29 is 14.3 Å². The van der Waals surface area contributed by atoms with Crippen LogP contribution in [0.25, 0.3) is 0 Å². The largest absolute Gasteiger partial charge is 0.368 e. The van der Waals surface area contributed by atoms with E-state index in [9.17, 15) is 9.59 Å². The van der Waals surface area contributed by atoms with Crippen LogP contribution in [-0.2, 0) is 16.1 Å². The topological polar surface area (TPSA) is 58.6 Å². The lowest BCUT2D eigenvalue weighted by molar-refractivity contribution is -0.124. The molecule has 5 nitrogen and oxygen atoms in total. The van der Waals surface area contributed by atoms with Crippen molar-refractivity contribution >= 4 is 17.5 Å². The third-order valence-electron chi connectivity index (χ3n) is 4.61. The summed E-state index contributed by atoms with van der Waals surface area (Å²) in [6.45, 7) is 3.20. The zero-order valence-electron chi connectivity index (χ0n) is 15.2. The molecule has 2 amide bonds. The number of carbonyl (C=O) groups excluding carboxylic acids is 2. The molecule has 26 heavy (non-hydrogen) atoms. The SMILES string of the molecule is Cc1ccccc1CN(C)C(=O)c1cccc(NC(=O)[C@H]2CCCO2)c1. The fourth-order valence-corrected chi connectivity index (χ4v) is 3.07. The molecule has 0 unspecified atom stereocenters. The third kappa shape index (κ3) is 4.29. The summed E-state index contributed by atoms with van der Waals surface area (Å²) < 4.78 is 5.39. The number of hydrogen-bond donors (Lipinski definition) is 1. The molecule has 1 heterocycles. The van der Waals surface area contributed by atoms with E-state index in [2.05, 4.69) is 5.32 Å². The number of ether oxygens (including phenoxy) is 1. The zero-order valence-corrected chi connectivity index (χ0v) is 15.2. The maximum absolute atomic E-state index is 12.7. The Balaban J connectivity index is 1.67. The first-order chi connectivity index (χ1) is 12.5.